The highest BCUT2D eigenvalue weighted by atomic mass is 16.4. The fourth-order valence-electron chi connectivity index (χ4n) is 3.07. The number of carbonyl (C=O) groups excluding carboxylic acids is 3. The van der Waals surface area contributed by atoms with E-state index in [0.717, 1.165) is 19.3 Å². The first-order valence-corrected chi connectivity index (χ1v) is 7.05. The van der Waals surface area contributed by atoms with Gasteiger partial charge < -0.3 is 15.8 Å². The SMILES string of the molecule is CC1C(=O)NC(=O)CN1C(=O)C1(C(N)=NO)CCCCC1. The van der Waals surface area contributed by atoms with E-state index in [0.29, 0.717) is 12.8 Å². The average Bonchev–Trinajstić information content (AvgIpc) is 2.50. The third-order valence-electron chi connectivity index (χ3n) is 4.40. The monoisotopic (exact) mass is 296 g/mol. The van der Waals surface area contributed by atoms with Crippen LogP contribution in [-0.2, 0) is 14.4 Å². The summed E-state index contributed by atoms with van der Waals surface area (Å²) >= 11 is 0. The van der Waals surface area contributed by atoms with Crippen LogP contribution in [0.1, 0.15) is 39.0 Å². The number of imide groups is 1. The van der Waals surface area contributed by atoms with Crippen LogP contribution >= 0.6 is 0 Å². The minimum absolute atomic E-state index is 0.141. The summed E-state index contributed by atoms with van der Waals surface area (Å²) in [7, 11) is 0. The van der Waals surface area contributed by atoms with Crippen molar-refractivity contribution in [1.82, 2.24) is 10.2 Å². The average molecular weight is 296 g/mol. The van der Waals surface area contributed by atoms with Gasteiger partial charge in [0.15, 0.2) is 5.84 Å². The molecular formula is C13H20N4O4. The zero-order chi connectivity index (χ0) is 15.6. The third kappa shape index (κ3) is 2.57. The number of carbonyl (C=O) groups is 3. The van der Waals surface area contributed by atoms with Gasteiger partial charge in [-0.2, -0.15) is 0 Å². The minimum Gasteiger partial charge on any atom is -0.409 e. The number of oxime groups is 1. The molecule has 1 saturated heterocycles. The molecule has 2 aliphatic rings. The maximum absolute atomic E-state index is 12.9. The number of piperazine rings is 1. The van der Waals surface area contributed by atoms with Crippen molar-refractivity contribution >= 4 is 23.6 Å². The van der Waals surface area contributed by atoms with Crippen LogP contribution in [0.3, 0.4) is 0 Å². The normalized spacial score (nSPS) is 26.4. The quantitative estimate of drug-likeness (QED) is 0.209. The van der Waals surface area contributed by atoms with Gasteiger partial charge >= 0.3 is 0 Å². The van der Waals surface area contributed by atoms with Crippen LogP contribution in [-0.4, -0.2) is 46.3 Å². The van der Waals surface area contributed by atoms with Crippen LogP contribution in [0.2, 0.25) is 0 Å². The molecule has 0 aromatic carbocycles. The molecule has 4 N–H and O–H groups in total. The summed E-state index contributed by atoms with van der Waals surface area (Å²) in [4.78, 5) is 37.4. The van der Waals surface area contributed by atoms with Crippen molar-refractivity contribution in [2.24, 2.45) is 16.3 Å². The van der Waals surface area contributed by atoms with Gasteiger partial charge in [0.2, 0.25) is 17.7 Å². The van der Waals surface area contributed by atoms with E-state index < -0.39 is 29.2 Å². The Morgan fingerprint density at radius 3 is 2.57 bits per heavy atom. The van der Waals surface area contributed by atoms with E-state index in [4.69, 9.17) is 10.9 Å². The Morgan fingerprint density at radius 1 is 1.38 bits per heavy atom. The van der Waals surface area contributed by atoms with Gasteiger partial charge in [0.1, 0.15) is 18.0 Å². The predicted molar refractivity (Wildman–Crippen MR) is 73.3 cm³/mol. The smallest absolute Gasteiger partial charge is 0.249 e. The molecule has 1 atom stereocenters. The summed E-state index contributed by atoms with van der Waals surface area (Å²) in [5.74, 6) is -1.58. The first-order chi connectivity index (χ1) is 9.92. The molecule has 21 heavy (non-hydrogen) atoms. The molecule has 1 aliphatic carbocycles. The Bertz CT molecular complexity index is 496. The number of hydrogen-bond donors (Lipinski definition) is 3. The zero-order valence-corrected chi connectivity index (χ0v) is 12.0. The molecule has 2 fully saturated rings. The van der Waals surface area contributed by atoms with E-state index >= 15 is 0 Å². The number of nitrogens with zero attached hydrogens (tertiary/aromatic N) is 2. The van der Waals surface area contributed by atoms with Crippen LogP contribution in [0.5, 0.6) is 0 Å². The Balaban J connectivity index is 2.34. The van der Waals surface area contributed by atoms with Gasteiger partial charge in [-0.25, -0.2) is 0 Å². The lowest BCUT2D eigenvalue weighted by Crippen LogP contribution is -2.63. The molecule has 1 unspecified atom stereocenters. The number of rotatable bonds is 2. The molecule has 8 heteroatoms. The summed E-state index contributed by atoms with van der Waals surface area (Å²) in [5.41, 5.74) is 4.66. The van der Waals surface area contributed by atoms with Crippen molar-refractivity contribution in [2.45, 2.75) is 45.1 Å². The van der Waals surface area contributed by atoms with E-state index in [1.807, 2.05) is 0 Å². The summed E-state index contributed by atoms with van der Waals surface area (Å²) < 4.78 is 0. The van der Waals surface area contributed by atoms with Gasteiger partial charge in [-0.05, 0) is 19.8 Å². The molecule has 0 aromatic heterocycles. The van der Waals surface area contributed by atoms with Gasteiger partial charge in [-0.1, -0.05) is 24.4 Å². The summed E-state index contributed by atoms with van der Waals surface area (Å²) in [6.45, 7) is 1.37. The number of amides is 3. The molecule has 1 heterocycles. The second kappa shape index (κ2) is 5.71. The molecule has 0 radical (unpaired) electrons. The van der Waals surface area contributed by atoms with Crippen molar-refractivity contribution in [2.75, 3.05) is 6.54 Å². The van der Waals surface area contributed by atoms with Crippen LogP contribution in [0.4, 0.5) is 0 Å². The lowest BCUT2D eigenvalue weighted by Gasteiger charge is -2.41. The Labute approximate surface area is 122 Å². The van der Waals surface area contributed by atoms with Gasteiger partial charge in [0, 0.05) is 0 Å². The Kier molecular flexibility index (Phi) is 4.15. The van der Waals surface area contributed by atoms with Crippen LogP contribution in [0.15, 0.2) is 5.16 Å². The van der Waals surface area contributed by atoms with E-state index in [1.54, 1.807) is 6.92 Å². The number of nitrogens with one attached hydrogen (secondary N) is 1. The standard InChI is InChI=1S/C13H20N4O4/c1-8-10(19)15-9(18)7-17(8)12(20)13(11(14)16-21)5-3-2-4-6-13/h8,21H,2-7H2,1H3,(H2,14,16)(H,15,18,19). The van der Waals surface area contributed by atoms with Crippen LogP contribution in [0, 0.1) is 5.41 Å². The molecule has 1 aliphatic heterocycles. The summed E-state index contributed by atoms with van der Waals surface area (Å²) in [6.07, 6.45) is 3.46. The largest absolute Gasteiger partial charge is 0.409 e. The van der Waals surface area contributed by atoms with Gasteiger partial charge in [0.25, 0.3) is 0 Å². The van der Waals surface area contributed by atoms with E-state index in [1.165, 1.54) is 4.90 Å². The topological polar surface area (TPSA) is 125 Å². The maximum Gasteiger partial charge on any atom is 0.249 e. The summed E-state index contributed by atoms with van der Waals surface area (Å²) in [6, 6.07) is -0.750. The van der Waals surface area contributed by atoms with Crippen LogP contribution < -0.4 is 11.1 Å². The third-order valence-corrected chi connectivity index (χ3v) is 4.40. The molecule has 0 aromatic rings. The highest BCUT2D eigenvalue weighted by molar-refractivity contribution is 6.11. The van der Waals surface area contributed by atoms with Gasteiger partial charge in [-0.3, -0.25) is 19.7 Å². The molecule has 116 valence electrons. The Hall–Kier alpha value is -2.12. The second-order valence-corrected chi connectivity index (χ2v) is 5.65. The molecule has 0 spiro atoms. The molecule has 8 nitrogen and oxygen atoms in total. The van der Waals surface area contributed by atoms with Crippen LogP contribution in [0.25, 0.3) is 0 Å². The van der Waals surface area contributed by atoms with E-state index in [2.05, 4.69) is 10.5 Å². The number of nitrogens with two attached hydrogens (primary N) is 1. The molecule has 0 bridgehead atoms. The predicted octanol–water partition coefficient (Wildman–Crippen LogP) is -0.443. The van der Waals surface area contributed by atoms with Crippen molar-refractivity contribution < 1.29 is 19.6 Å². The molecule has 2 rings (SSSR count). The highest BCUT2D eigenvalue weighted by Gasteiger charge is 2.49. The van der Waals surface area contributed by atoms with Crippen molar-refractivity contribution in [1.29, 1.82) is 0 Å². The lowest BCUT2D eigenvalue weighted by atomic mass is 9.71. The lowest BCUT2D eigenvalue weighted by molar-refractivity contribution is -0.154. The number of hydrogen-bond acceptors (Lipinski definition) is 5. The minimum atomic E-state index is -1.11. The summed E-state index contributed by atoms with van der Waals surface area (Å²) in [5, 5.41) is 14.2. The molecule has 3 amide bonds. The van der Waals surface area contributed by atoms with Crippen molar-refractivity contribution in [3.05, 3.63) is 0 Å². The molecular weight excluding hydrogens is 276 g/mol. The number of amidine groups is 1. The van der Waals surface area contributed by atoms with E-state index in [-0.39, 0.29) is 12.4 Å². The highest BCUT2D eigenvalue weighted by Crippen LogP contribution is 2.39. The maximum atomic E-state index is 12.9. The molecule has 1 saturated carbocycles. The second-order valence-electron chi connectivity index (χ2n) is 5.65. The Morgan fingerprint density at radius 2 is 2.00 bits per heavy atom. The van der Waals surface area contributed by atoms with Gasteiger partial charge in [-0.15, -0.1) is 0 Å². The van der Waals surface area contributed by atoms with Crippen molar-refractivity contribution in [3.63, 3.8) is 0 Å². The zero-order valence-electron chi connectivity index (χ0n) is 12.0. The van der Waals surface area contributed by atoms with Gasteiger partial charge in [0.05, 0.1) is 0 Å². The first-order valence-electron chi connectivity index (χ1n) is 7.05. The fourth-order valence-corrected chi connectivity index (χ4v) is 3.07. The van der Waals surface area contributed by atoms with E-state index in [9.17, 15) is 14.4 Å². The van der Waals surface area contributed by atoms with Crippen molar-refractivity contribution in [3.8, 4) is 0 Å². The fraction of sp³-hybridized carbons (Fsp3) is 0.692. The first kappa shape index (κ1) is 15.3.